The molecule has 0 aliphatic carbocycles. The molecule has 1 saturated heterocycles. The molecule has 0 spiro atoms. The molecule has 3 rings (SSSR count). The fourth-order valence-corrected chi connectivity index (χ4v) is 2.46. The van der Waals surface area contributed by atoms with E-state index in [1.807, 2.05) is 6.92 Å². The molecule has 2 aliphatic heterocycles. The molecule has 2 aliphatic rings. The van der Waals surface area contributed by atoms with Gasteiger partial charge in [-0.05, 0) is 6.92 Å². The van der Waals surface area contributed by atoms with E-state index in [1.165, 1.54) is 9.47 Å². The van der Waals surface area contributed by atoms with Crippen LogP contribution in [0.1, 0.15) is 17.4 Å². The van der Waals surface area contributed by atoms with Crippen molar-refractivity contribution in [2.24, 2.45) is 0 Å². The van der Waals surface area contributed by atoms with Crippen molar-refractivity contribution in [2.75, 3.05) is 6.61 Å². The van der Waals surface area contributed by atoms with Gasteiger partial charge in [0.1, 0.15) is 0 Å². The van der Waals surface area contributed by atoms with Gasteiger partial charge in [-0.3, -0.25) is 9.59 Å². The first kappa shape index (κ1) is 11.1. The Balaban J connectivity index is 2.20. The molecule has 0 saturated carbocycles. The van der Waals surface area contributed by atoms with Crippen LogP contribution in [0.5, 0.6) is 11.5 Å². The number of hydrogen-bond acceptors (Lipinski definition) is 5. The van der Waals surface area contributed by atoms with Gasteiger partial charge in [-0.1, -0.05) is 0 Å². The standard InChI is InChI=1S/C11H12N2O5/c1-5-4-18-7-3-12-2-6(14)9(15)10(16)8(12)11(17)13(5)7/h2,5,7,14,16H,3-4H2,1H3/t5-,7+/m1/s1. The van der Waals surface area contributed by atoms with Gasteiger partial charge in [-0.25, -0.2) is 0 Å². The molecule has 1 aromatic rings. The van der Waals surface area contributed by atoms with Gasteiger partial charge in [0, 0.05) is 0 Å². The highest BCUT2D eigenvalue weighted by Gasteiger charge is 2.42. The van der Waals surface area contributed by atoms with Crippen LogP contribution in [0.4, 0.5) is 0 Å². The maximum atomic E-state index is 12.2. The van der Waals surface area contributed by atoms with E-state index in [0.29, 0.717) is 6.61 Å². The predicted molar refractivity (Wildman–Crippen MR) is 59.4 cm³/mol. The van der Waals surface area contributed by atoms with Crippen LogP contribution in [0.2, 0.25) is 0 Å². The molecule has 0 bridgehead atoms. The molecule has 1 aromatic heterocycles. The van der Waals surface area contributed by atoms with Gasteiger partial charge in [-0.2, -0.15) is 0 Å². The zero-order chi connectivity index (χ0) is 13.0. The number of hydrogen-bond donors (Lipinski definition) is 2. The molecule has 0 aromatic carbocycles. The number of nitrogens with zero attached hydrogens (tertiary/aromatic N) is 2. The maximum absolute atomic E-state index is 12.2. The number of aromatic hydroxyl groups is 2. The highest BCUT2D eigenvalue weighted by Crippen LogP contribution is 2.29. The molecule has 1 amide bonds. The third kappa shape index (κ3) is 1.28. The Morgan fingerprint density at radius 1 is 1.39 bits per heavy atom. The Kier molecular flexibility index (Phi) is 2.15. The summed E-state index contributed by atoms with van der Waals surface area (Å²) in [6.45, 7) is 2.54. The Labute approximate surface area is 102 Å². The van der Waals surface area contributed by atoms with Crippen molar-refractivity contribution < 1.29 is 19.7 Å². The van der Waals surface area contributed by atoms with Crippen LogP contribution in [-0.2, 0) is 11.3 Å². The number of amides is 1. The topological polar surface area (TPSA) is 92.0 Å². The van der Waals surface area contributed by atoms with Crippen LogP contribution >= 0.6 is 0 Å². The molecular weight excluding hydrogens is 240 g/mol. The minimum atomic E-state index is -0.930. The monoisotopic (exact) mass is 252 g/mol. The second kappa shape index (κ2) is 3.49. The molecule has 96 valence electrons. The van der Waals surface area contributed by atoms with Crippen molar-refractivity contribution in [3.63, 3.8) is 0 Å². The molecule has 2 atom stereocenters. The van der Waals surface area contributed by atoms with Crippen LogP contribution in [0.25, 0.3) is 0 Å². The van der Waals surface area contributed by atoms with E-state index >= 15 is 0 Å². The number of aromatic nitrogens is 1. The summed E-state index contributed by atoms with van der Waals surface area (Å²) in [4.78, 5) is 25.2. The van der Waals surface area contributed by atoms with E-state index in [1.54, 1.807) is 0 Å². The van der Waals surface area contributed by atoms with Crippen LogP contribution in [-0.4, -0.2) is 44.5 Å². The van der Waals surface area contributed by atoms with Crippen LogP contribution in [0.15, 0.2) is 11.0 Å². The second-order valence-corrected chi connectivity index (χ2v) is 4.54. The lowest BCUT2D eigenvalue weighted by molar-refractivity contribution is 0.00622. The minimum Gasteiger partial charge on any atom is -0.503 e. The first-order chi connectivity index (χ1) is 8.50. The normalized spacial score (nSPS) is 26.1. The van der Waals surface area contributed by atoms with Gasteiger partial charge in [0.05, 0.1) is 25.4 Å². The third-order valence-electron chi connectivity index (χ3n) is 3.34. The van der Waals surface area contributed by atoms with Crippen LogP contribution < -0.4 is 5.43 Å². The number of carbonyl (C=O) groups is 1. The molecule has 7 nitrogen and oxygen atoms in total. The lowest BCUT2D eigenvalue weighted by atomic mass is 10.1. The summed E-state index contributed by atoms with van der Waals surface area (Å²) >= 11 is 0. The first-order valence-electron chi connectivity index (χ1n) is 5.60. The minimum absolute atomic E-state index is 0.0913. The summed E-state index contributed by atoms with van der Waals surface area (Å²) in [6, 6.07) is -0.0976. The van der Waals surface area contributed by atoms with E-state index < -0.39 is 29.1 Å². The van der Waals surface area contributed by atoms with Crippen LogP contribution in [0, 0.1) is 0 Å². The van der Waals surface area contributed by atoms with Gasteiger partial charge in [0.15, 0.2) is 23.4 Å². The molecular formula is C11H12N2O5. The fourth-order valence-electron chi connectivity index (χ4n) is 2.46. The summed E-state index contributed by atoms with van der Waals surface area (Å²) in [7, 11) is 0. The summed E-state index contributed by atoms with van der Waals surface area (Å²) in [5.41, 5.74) is -1.02. The number of rotatable bonds is 0. The van der Waals surface area contributed by atoms with Crippen molar-refractivity contribution in [1.82, 2.24) is 9.47 Å². The first-order valence-corrected chi connectivity index (χ1v) is 5.60. The Bertz CT molecular complexity index is 594. The summed E-state index contributed by atoms with van der Waals surface area (Å²) in [6.07, 6.45) is 0.736. The van der Waals surface area contributed by atoms with Crippen molar-refractivity contribution in [3.05, 3.63) is 22.1 Å². The Morgan fingerprint density at radius 2 is 2.11 bits per heavy atom. The zero-order valence-electron chi connectivity index (χ0n) is 9.66. The van der Waals surface area contributed by atoms with Crippen LogP contribution in [0.3, 0.4) is 0 Å². The third-order valence-corrected chi connectivity index (χ3v) is 3.34. The largest absolute Gasteiger partial charge is 0.503 e. The molecule has 7 heteroatoms. The van der Waals surface area contributed by atoms with Gasteiger partial charge in [0.25, 0.3) is 11.3 Å². The number of carbonyl (C=O) groups excluding carboxylic acids is 1. The number of pyridine rings is 1. The van der Waals surface area contributed by atoms with Gasteiger partial charge >= 0.3 is 0 Å². The van der Waals surface area contributed by atoms with E-state index in [0.717, 1.165) is 6.20 Å². The number of fused-ring (bicyclic) bond motifs is 2. The van der Waals surface area contributed by atoms with Crippen molar-refractivity contribution in [3.8, 4) is 11.5 Å². The average Bonchev–Trinajstić information content (AvgIpc) is 2.68. The highest BCUT2D eigenvalue weighted by molar-refractivity contribution is 5.96. The fraction of sp³-hybridized carbons (Fsp3) is 0.455. The number of ether oxygens (including phenoxy) is 1. The smallest absolute Gasteiger partial charge is 0.276 e. The quantitative estimate of drug-likeness (QED) is 0.647. The van der Waals surface area contributed by atoms with E-state index in [2.05, 4.69) is 0 Å². The molecule has 1 fully saturated rings. The summed E-state index contributed by atoms with van der Waals surface area (Å²) in [5.74, 6) is -1.74. The molecule has 3 heterocycles. The predicted octanol–water partition coefficient (Wildman–Crippen LogP) is -0.540. The average molecular weight is 252 g/mol. The van der Waals surface area contributed by atoms with Gasteiger partial charge in [0.2, 0.25) is 0 Å². The van der Waals surface area contributed by atoms with E-state index in [4.69, 9.17) is 4.74 Å². The van der Waals surface area contributed by atoms with Crippen molar-refractivity contribution >= 4 is 5.91 Å². The highest BCUT2D eigenvalue weighted by atomic mass is 16.5. The van der Waals surface area contributed by atoms with E-state index in [9.17, 15) is 19.8 Å². The maximum Gasteiger partial charge on any atom is 0.276 e. The summed E-state index contributed by atoms with van der Waals surface area (Å²) in [5, 5.41) is 19.1. The molecule has 0 radical (unpaired) electrons. The van der Waals surface area contributed by atoms with Gasteiger partial charge < -0.3 is 24.4 Å². The Morgan fingerprint density at radius 3 is 2.83 bits per heavy atom. The van der Waals surface area contributed by atoms with E-state index in [-0.39, 0.29) is 18.3 Å². The lowest BCUT2D eigenvalue weighted by Crippen LogP contribution is -2.48. The summed E-state index contributed by atoms with van der Waals surface area (Å²) < 4.78 is 6.80. The van der Waals surface area contributed by atoms with Crippen molar-refractivity contribution in [2.45, 2.75) is 25.7 Å². The molecule has 2 N–H and O–H groups in total. The lowest BCUT2D eigenvalue weighted by Gasteiger charge is -2.33. The molecule has 18 heavy (non-hydrogen) atoms. The van der Waals surface area contributed by atoms with Crippen molar-refractivity contribution in [1.29, 1.82) is 0 Å². The van der Waals surface area contributed by atoms with Gasteiger partial charge in [-0.15, -0.1) is 0 Å². The SMILES string of the molecule is C[C@@H]1CO[C@H]2Cn3cc(O)c(=O)c(O)c3C(=O)N12. The Hall–Kier alpha value is -2.02. The second-order valence-electron chi connectivity index (χ2n) is 4.54. The zero-order valence-corrected chi connectivity index (χ0v) is 9.66. The molecule has 0 unspecified atom stereocenters.